The van der Waals surface area contributed by atoms with Crippen LogP contribution in [0.3, 0.4) is 0 Å². The number of rotatable bonds is 6. The Balaban J connectivity index is 1.56. The third-order valence-electron chi connectivity index (χ3n) is 5.33. The molecule has 0 bridgehead atoms. The minimum absolute atomic E-state index is 0.0593. The molecule has 1 aliphatic carbocycles. The summed E-state index contributed by atoms with van der Waals surface area (Å²) in [7, 11) is 1.82. The van der Waals surface area contributed by atoms with E-state index in [1.165, 1.54) is 0 Å². The fraction of sp³-hybridized carbons (Fsp3) is 0.550. The van der Waals surface area contributed by atoms with E-state index in [-0.39, 0.29) is 18.5 Å². The second-order valence-corrected chi connectivity index (χ2v) is 7.32. The van der Waals surface area contributed by atoms with Crippen molar-refractivity contribution in [3.8, 4) is 0 Å². The Hall–Kier alpha value is -2.37. The molecule has 0 radical (unpaired) electrons. The van der Waals surface area contributed by atoms with Gasteiger partial charge in [-0.25, -0.2) is 4.79 Å². The molecule has 6 heteroatoms. The Morgan fingerprint density at radius 1 is 1.19 bits per heavy atom. The van der Waals surface area contributed by atoms with Gasteiger partial charge in [0.2, 0.25) is 11.8 Å². The highest BCUT2D eigenvalue weighted by atomic mass is 16.4. The summed E-state index contributed by atoms with van der Waals surface area (Å²) in [5.74, 6) is 0.461. The van der Waals surface area contributed by atoms with Crippen LogP contribution in [0.2, 0.25) is 0 Å². The summed E-state index contributed by atoms with van der Waals surface area (Å²) in [5.41, 5.74) is 1.16. The average molecular weight is 357 g/mol. The van der Waals surface area contributed by atoms with Gasteiger partial charge in [0.05, 0.1) is 0 Å². The second-order valence-electron chi connectivity index (χ2n) is 7.32. The molecule has 0 atom stereocenters. The smallest absolute Gasteiger partial charge is 0.392 e. The zero-order valence-electron chi connectivity index (χ0n) is 15.6. The first-order valence-corrected chi connectivity index (χ1v) is 9.39. The van der Waals surface area contributed by atoms with E-state index in [2.05, 4.69) is 12.0 Å². The quantitative estimate of drug-likeness (QED) is 0.797. The van der Waals surface area contributed by atoms with Crippen molar-refractivity contribution in [3.05, 3.63) is 52.3 Å². The van der Waals surface area contributed by atoms with E-state index in [0.717, 1.165) is 48.3 Å². The molecule has 1 heterocycles. The van der Waals surface area contributed by atoms with Gasteiger partial charge in [0.1, 0.15) is 6.54 Å². The molecule has 1 saturated carbocycles. The lowest BCUT2D eigenvalue weighted by Gasteiger charge is -2.33. The first kappa shape index (κ1) is 18.4. The van der Waals surface area contributed by atoms with Crippen LogP contribution < -0.4 is 5.76 Å². The number of aromatic nitrogens is 2. The Morgan fingerprint density at radius 3 is 2.58 bits per heavy atom. The molecular formula is C20H27N3O3. The maximum absolute atomic E-state index is 12.5. The van der Waals surface area contributed by atoms with Crippen LogP contribution in [0, 0.1) is 5.92 Å². The molecule has 0 N–H and O–H groups in total. The van der Waals surface area contributed by atoms with Gasteiger partial charge in [-0.15, -0.1) is 5.10 Å². The summed E-state index contributed by atoms with van der Waals surface area (Å²) >= 11 is 0. The van der Waals surface area contributed by atoms with Crippen molar-refractivity contribution in [3.63, 3.8) is 0 Å². The molecule has 0 spiro atoms. The van der Waals surface area contributed by atoms with Gasteiger partial charge in [-0.05, 0) is 43.6 Å². The zero-order valence-corrected chi connectivity index (χ0v) is 15.6. The molecule has 6 nitrogen and oxygen atoms in total. The van der Waals surface area contributed by atoms with E-state index in [4.69, 9.17) is 4.42 Å². The number of benzene rings is 1. The van der Waals surface area contributed by atoms with Crippen LogP contribution in [0.25, 0.3) is 0 Å². The van der Waals surface area contributed by atoms with E-state index in [0.29, 0.717) is 12.3 Å². The van der Waals surface area contributed by atoms with Gasteiger partial charge in [-0.2, -0.15) is 4.68 Å². The zero-order chi connectivity index (χ0) is 18.5. The fourth-order valence-corrected chi connectivity index (χ4v) is 3.52. The first-order chi connectivity index (χ1) is 12.5. The molecule has 3 rings (SSSR count). The van der Waals surface area contributed by atoms with Gasteiger partial charge in [-0.3, -0.25) is 4.79 Å². The summed E-state index contributed by atoms with van der Waals surface area (Å²) in [6.45, 7) is 2.19. The predicted molar refractivity (Wildman–Crippen MR) is 98.8 cm³/mol. The number of hydrogen-bond acceptors (Lipinski definition) is 4. The number of carbonyl (C=O) groups is 1. The average Bonchev–Trinajstić information content (AvgIpc) is 3.00. The minimum atomic E-state index is -0.563. The molecule has 1 fully saturated rings. The lowest BCUT2D eigenvalue weighted by Crippen LogP contribution is -2.42. The highest BCUT2D eigenvalue weighted by molar-refractivity contribution is 5.75. The number of amides is 1. The van der Waals surface area contributed by atoms with Crippen LogP contribution in [0.15, 0.2) is 39.5 Å². The molecule has 0 unspecified atom stereocenters. The Bertz CT molecular complexity index is 773. The van der Waals surface area contributed by atoms with Crippen molar-refractivity contribution in [1.29, 1.82) is 0 Å². The standard InChI is InChI=1S/C20H27N3O3/c1-15-8-11-17(12-9-15)22(2)19(24)14-23-20(25)26-18(21-23)13-10-16-6-4-3-5-7-16/h3-7,15,17H,8-14H2,1-2H3. The number of hydrogen-bond donors (Lipinski definition) is 0. The number of aryl methyl sites for hydroxylation is 2. The number of likely N-dealkylation sites (N-methyl/N-ethyl adjacent to an activating group) is 1. The van der Waals surface area contributed by atoms with Crippen LogP contribution in [0.1, 0.15) is 44.1 Å². The van der Waals surface area contributed by atoms with Crippen LogP contribution in [-0.4, -0.2) is 33.7 Å². The van der Waals surface area contributed by atoms with E-state index < -0.39 is 5.76 Å². The molecule has 2 aromatic rings. The predicted octanol–water partition coefficient (Wildman–Crippen LogP) is 2.66. The summed E-state index contributed by atoms with van der Waals surface area (Å²) in [5, 5.41) is 4.19. The molecule has 0 aliphatic heterocycles. The minimum Gasteiger partial charge on any atom is -0.392 e. The molecule has 140 valence electrons. The lowest BCUT2D eigenvalue weighted by atomic mass is 9.87. The summed E-state index contributed by atoms with van der Waals surface area (Å²) in [6, 6.07) is 10.2. The lowest BCUT2D eigenvalue weighted by molar-refractivity contribution is -0.133. The highest BCUT2D eigenvalue weighted by Crippen LogP contribution is 2.26. The van der Waals surface area contributed by atoms with Gasteiger partial charge in [-0.1, -0.05) is 37.3 Å². The highest BCUT2D eigenvalue weighted by Gasteiger charge is 2.25. The van der Waals surface area contributed by atoms with Crippen LogP contribution >= 0.6 is 0 Å². The van der Waals surface area contributed by atoms with Crippen molar-refractivity contribution in [2.24, 2.45) is 5.92 Å². The van der Waals surface area contributed by atoms with Crippen LogP contribution in [0.4, 0.5) is 0 Å². The Labute approximate surface area is 153 Å². The largest absolute Gasteiger partial charge is 0.437 e. The first-order valence-electron chi connectivity index (χ1n) is 9.39. The maximum Gasteiger partial charge on any atom is 0.437 e. The van der Waals surface area contributed by atoms with E-state index in [1.54, 1.807) is 4.90 Å². The summed E-state index contributed by atoms with van der Waals surface area (Å²) < 4.78 is 6.35. The van der Waals surface area contributed by atoms with Crippen molar-refractivity contribution < 1.29 is 9.21 Å². The molecule has 1 aromatic carbocycles. The van der Waals surface area contributed by atoms with Gasteiger partial charge < -0.3 is 9.32 Å². The Morgan fingerprint density at radius 2 is 1.88 bits per heavy atom. The van der Waals surface area contributed by atoms with Crippen molar-refractivity contribution in [2.45, 2.75) is 58.0 Å². The number of carbonyl (C=O) groups excluding carboxylic acids is 1. The SMILES string of the molecule is CC1CCC(N(C)C(=O)Cn2nc(CCc3ccccc3)oc2=O)CC1. The van der Waals surface area contributed by atoms with Gasteiger partial charge in [0, 0.05) is 19.5 Å². The molecule has 1 aliphatic rings. The molecule has 0 saturated heterocycles. The fourth-order valence-electron chi connectivity index (χ4n) is 3.52. The van der Waals surface area contributed by atoms with Gasteiger partial charge in [0.15, 0.2) is 0 Å². The van der Waals surface area contributed by atoms with E-state index in [9.17, 15) is 9.59 Å². The molecular weight excluding hydrogens is 330 g/mol. The second kappa shape index (κ2) is 8.34. The monoisotopic (exact) mass is 357 g/mol. The van der Waals surface area contributed by atoms with Gasteiger partial charge >= 0.3 is 5.76 Å². The normalized spacial score (nSPS) is 20.1. The summed E-state index contributed by atoms with van der Waals surface area (Å²) in [6.07, 6.45) is 5.64. The van der Waals surface area contributed by atoms with Crippen molar-refractivity contribution >= 4 is 5.91 Å². The molecule has 1 aromatic heterocycles. The van der Waals surface area contributed by atoms with E-state index >= 15 is 0 Å². The number of nitrogens with zero attached hydrogens (tertiary/aromatic N) is 3. The molecule has 26 heavy (non-hydrogen) atoms. The topological polar surface area (TPSA) is 68.3 Å². The van der Waals surface area contributed by atoms with E-state index in [1.807, 2.05) is 37.4 Å². The maximum atomic E-state index is 12.5. The van der Waals surface area contributed by atoms with Crippen molar-refractivity contribution in [1.82, 2.24) is 14.7 Å². The molecule has 1 amide bonds. The third-order valence-corrected chi connectivity index (χ3v) is 5.33. The van der Waals surface area contributed by atoms with Crippen molar-refractivity contribution in [2.75, 3.05) is 7.05 Å². The Kier molecular flexibility index (Phi) is 5.91. The third kappa shape index (κ3) is 4.62. The van der Waals surface area contributed by atoms with Crippen LogP contribution in [-0.2, 0) is 24.2 Å². The van der Waals surface area contributed by atoms with Crippen LogP contribution in [0.5, 0.6) is 0 Å². The summed E-state index contributed by atoms with van der Waals surface area (Å²) in [4.78, 5) is 26.3. The van der Waals surface area contributed by atoms with Gasteiger partial charge in [0.25, 0.3) is 0 Å².